The molecule has 0 aliphatic carbocycles. The number of alkyl halides is 3. The smallest absolute Gasteiger partial charge is 0.322 e. The van der Waals surface area contributed by atoms with E-state index in [1.54, 1.807) is 6.92 Å². The molecule has 8 nitrogen and oxygen atoms in total. The number of carbonyl (C=O) groups excluding carboxylic acids is 1. The van der Waals surface area contributed by atoms with Crippen LogP contribution in [0.5, 0.6) is 0 Å². The van der Waals surface area contributed by atoms with E-state index in [2.05, 4.69) is 14.8 Å². The summed E-state index contributed by atoms with van der Waals surface area (Å²) in [5, 5.41) is 2.59. The Morgan fingerprint density at radius 3 is 2.06 bits per heavy atom. The van der Waals surface area contributed by atoms with Crippen molar-refractivity contribution in [3.05, 3.63) is 83.4 Å². The van der Waals surface area contributed by atoms with Gasteiger partial charge in [-0.15, -0.1) is 0 Å². The number of amides is 1. The summed E-state index contributed by atoms with van der Waals surface area (Å²) in [5.74, 6) is -0.558. The third-order valence-corrected chi connectivity index (χ3v) is 6.73. The van der Waals surface area contributed by atoms with Gasteiger partial charge in [-0.25, -0.2) is 16.8 Å². The molecular formula is C22H20F3N3O5S2. The minimum Gasteiger partial charge on any atom is -0.322 e. The largest absolute Gasteiger partial charge is 0.416 e. The topological polar surface area (TPSA) is 121 Å². The van der Waals surface area contributed by atoms with E-state index in [1.807, 2.05) is 0 Å². The molecule has 0 fully saturated rings. The minimum atomic E-state index is -4.62. The molecule has 1 amide bonds. The van der Waals surface area contributed by atoms with Gasteiger partial charge in [0.2, 0.25) is 10.0 Å². The second kappa shape index (κ2) is 9.58. The van der Waals surface area contributed by atoms with Crippen molar-refractivity contribution in [3.8, 4) is 0 Å². The number of anilines is 3. The van der Waals surface area contributed by atoms with Crippen molar-refractivity contribution in [2.24, 2.45) is 0 Å². The van der Waals surface area contributed by atoms with Crippen LogP contribution in [-0.2, 0) is 26.2 Å². The number of carbonyl (C=O) groups is 1. The first-order chi connectivity index (χ1) is 16.2. The number of hydrogen-bond acceptors (Lipinski definition) is 5. The van der Waals surface area contributed by atoms with Crippen LogP contribution in [0, 0.1) is 6.92 Å². The second-order valence-corrected chi connectivity index (χ2v) is 10.9. The molecule has 186 valence electrons. The summed E-state index contributed by atoms with van der Waals surface area (Å²) in [6.45, 7) is 1.57. The predicted octanol–water partition coefficient (Wildman–Crippen LogP) is 4.44. The Morgan fingerprint density at radius 2 is 1.46 bits per heavy atom. The highest BCUT2D eigenvalue weighted by molar-refractivity contribution is 7.92. The first-order valence-corrected chi connectivity index (χ1v) is 13.2. The molecule has 3 N–H and O–H groups in total. The lowest BCUT2D eigenvalue weighted by Gasteiger charge is -2.13. The molecule has 3 rings (SSSR count). The Kier molecular flexibility index (Phi) is 7.13. The van der Waals surface area contributed by atoms with Crippen molar-refractivity contribution in [1.29, 1.82) is 0 Å². The van der Waals surface area contributed by atoms with E-state index in [4.69, 9.17) is 0 Å². The van der Waals surface area contributed by atoms with E-state index in [1.165, 1.54) is 48.5 Å². The maximum absolute atomic E-state index is 12.9. The predicted molar refractivity (Wildman–Crippen MR) is 126 cm³/mol. The van der Waals surface area contributed by atoms with E-state index >= 15 is 0 Å². The Morgan fingerprint density at radius 1 is 0.829 bits per heavy atom. The number of benzene rings is 3. The Bertz CT molecular complexity index is 1470. The van der Waals surface area contributed by atoms with Crippen LogP contribution < -0.4 is 14.8 Å². The lowest BCUT2D eigenvalue weighted by atomic mass is 10.1. The monoisotopic (exact) mass is 527 g/mol. The number of nitrogens with one attached hydrogen (secondary N) is 3. The summed E-state index contributed by atoms with van der Waals surface area (Å²) in [6, 6.07) is 13.3. The fourth-order valence-electron chi connectivity index (χ4n) is 3.08. The molecule has 0 radical (unpaired) electrons. The maximum Gasteiger partial charge on any atom is 0.416 e. The standard InChI is InChI=1S/C22H20F3N3O5S2/c1-14-19(7-4-8-20(14)28-34(2,30)31)21(29)26-16-9-11-18(12-10-16)35(32,33)27-17-6-3-5-15(13-17)22(23,24)25/h3-13,27-28H,1-2H3,(H,26,29). The number of hydrogen-bond donors (Lipinski definition) is 3. The number of halogens is 3. The summed E-state index contributed by atoms with van der Waals surface area (Å²) in [4.78, 5) is 12.4. The van der Waals surface area contributed by atoms with Crippen molar-refractivity contribution in [1.82, 2.24) is 0 Å². The molecule has 0 aromatic heterocycles. The van der Waals surface area contributed by atoms with E-state index in [0.717, 1.165) is 18.4 Å². The maximum atomic E-state index is 12.9. The Hall–Kier alpha value is -3.58. The minimum absolute atomic E-state index is 0.196. The van der Waals surface area contributed by atoms with Gasteiger partial charge in [0.1, 0.15) is 0 Å². The van der Waals surface area contributed by atoms with Crippen LogP contribution in [0.2, 0.25) is 0 Å². The van der Waals surface area contributed by atoms with Gasteiger partial charge < -0.3 is 5.32 Å². The van der Waals surface area contributed by atoms with Gasteiger partial charge in [-0.2, -0.15) is 13.2 Å². The third-order valence-electron chi connectivity index (χ3n) is 4.74. The lowest BCUT2D eigenvalue weighted by molar-refractivity contribution is -0.137. The molecule has 3 aromatic carbocycles. The zero-order valence-corrected chi connectivity index (χ0v) is 20.0. The first-order valence-electron chi connectivity index (χ1n) is 9.85. The van der Waals surface area contributed by atoms with Crippen molar-refractivity contribution >= 4 is 43.0 Å². The molecule has 0 heterocycles. The summed E-state index contributed by atoms with van der Waals surface area (Å²) in [7, 11) is -7.75. The van der Waals surface area contributed by atoms with Gasteiger partial charge in [0.05, 0.1) is 22.4 Å². The zero-order chi connectivity index (χ0) is 26.0. The van der Waals surface area contributed by atoms with Crippen LogP contribution >= 0.6 is 0 Å². The molecular weight excluding hydrogens is 507 g/mol. The van der Waals surface area contributed by atoms with Crippen molar-refractivity contribution in [2.45, 2.75) is 18.0 Å². The van der Waals surface area contributed by atoms with Gasteiger partial charge in [0.15, 0.2) is 0 Å². The van der Waals surface area contributed by atoms with Crippen LogP contribution in [0.3, 0.4) is 0 Å². The number of sulfonamides is 2. The molecule has 0 aliphatic heterocycles. The van der Waals surface area contributed by atoms with Gasteiger partial charge in [0.25, 0.3) is 15.9 Å². The molecule has 0 saturated heterocycles. The highest BCUT2D eigenvalue weighted by Crippen LogP contribution is 2.31. The van der Waals surface area contributed by atoms with Crippen molar-refractivity contribution in [2.75, 3.05) is 21.0 Å². The molecule has 0 atom stereocenters. The molecule has 3 aromatic rings. The summed E-state index contributed by atoms with van der Waals surface area (Å²) in [5.41, 5.74) is -0.185. The van der Waals surface area contributed by atoms with E-state index in [-0.39, 0.29) is 27.5 Å². The lowest BCUT2D eigenvalue weighted by Crippen LogP contribution is -2.17. The molecule has 0 saturated carbocycles. The van der Waals surface area contributed by atoms with Crippen LogP contribution in [0.1, 0.15) is 21.5 Å². The molecule has 0 aliphatic rings. The van der Waals surface area contributed by atoms with E-state index < -0.39 is 37.7 Å². The van der Waals surface area contributed by atoms with Crippen molar-refractivity contribution in [3.63, 3.8) is 0 Å². The van der Waals surface area contributed by atoms with Gasteiger partial charge in [-0.05, 0) is 67.1 Å². The van der Waals surface area contributed by atoms with Crippen LogP contribution in [0.4, 0.5) is 30.2 Å². The second-order valence-electron chi connectivity index (χ2n) is 7.51. The fraction of sp³-hybridized carbons (Fsp3) is 0.136. The molecule has 35 heavy (non-hydrogen) atoms. The first kappa shape index (κ1) is 26.0. The van der Waals surface area contributed by atoms with Gasteiger partial charge >= 0.3 is 6.18 Å². The molecule has 0 unspecified atom stereocenters. The van der Waals surface area contributed by atoms with Crippen molar-refractivity contribution < 1.29 is 34.8 Å². The number of rotatable bonds is 7. The average Bonchev–Trinajstić information content (AvgIpc) is 2.74. The Labute approximate surface area is 200 Å². The highest BCUT2D eigenvalue weighted by atomic mass is 32.2. The Balaban J connectivity index is 1.76. The van der Waals surface area contributed by atoms with Gasteiger partial charge in [0, 0.05) is 16.9 Å². The normalized spacial score (nSPS) is 12.1. The van der Waals surface area contributed by atoms with Crippen LogP contribution in [0.15, 0.2) is 71.6 Å². The highest BCUT2D eigenvalue weighted by Gasteiger charge is 2.30. The summed E-state index contributed by atoms with van der Waals surface area (Å²) >= 11 is 0. The third kappa shape index (κ3) is 6.73. The molecule has 0 spiro atoms. The average molecular weight is 528 g/mol. The zero-order valence-electron chi connectivity index (χ0n) is 18.3. The van der Waals surface area contributed by atoms with Gasteiger partial charge in [-0.3, -0.25) is 14.2 Å². The van der Waals surface area contributed by atoms with Crippen LogP contribution in [0.25, 0.3) is 0 Å². The SMILES string of the molecule is Cc1c(NS(C)(=O)=O)cccc1C(=O)Nc1ccc(S(=O)(=O)Nc2cccc(C(F)(F)F)c2)cc1. The fourth-order valence-corrected chi connectivity index (χ4v) is 4.75. The molecule has 0 bridgehead atoms. The summed E-state index contributed by atoms with van der Waals surface area (Å²) < 4.78 is 91.2. The van der Waals surface area contributed by atoms with E-state index in [9.17, 15) is 34.8 Å². The summed E-state index contributed by atoms with van der Waals surface area (Å²) in [6.07, 6.45) is -3.64. The van der Waals surface area contributed by atoms with E-state index in [0.29, 0.717) is 11.6 Å². The van der Waals surface area contributed by atoms with Gasteiger partial charge in [-0.1, -0.05) is 12.1 Å². The molecule has 13 heteroatoms. The quantitative estimate of drug-likeness (QED) is 0.420. The van der Waals surface area contributed by atoms with Crippen LogP contribution in [-0.4, -0.2) is 29.0 Å².